The number of unbranched alkanes of at least 4 members (excludes halogenated alkanes) is 1. The Labute approximate surface area is 364 Å². The number of carbonyl (C=O) groups excluding carboxylic acids is 5. The van der Waals surface area contributed by atoms with Crippen LogP contribution >= 0.6 is 11.6 Å². The van der Waals surface area contributed by atoms with Crippen molar-refractivity contribution in [3.05, 3.63) is 147 Å². The normalized spacial score (nSPS) is 25.5. The number of esters is 2. The number of fused-ring (bicyclic) bond motifs is 3. The molecule has 0 unspecified atom stereocenters. The molecule has 6 aliphatic rings. The van der Waals surface area contributed by atoms with Crippen LogP contribution in [0.2, 0.25) is 5.02 Å². The second-order valence-corrected chi connectivity index (χ2v) is 16.9. The first-order chi connectivity index (χ1) is 29.9. The van der Waals surface area contributed by atoms with Gasteiger partial charge in [0.25, 0.3) is 5.91 Å². The first-order valence-corrected chi connectivity index (χ1v) is 21.1. The maximum atomic E-state index is 15.9. The first kappa shape index (κ1) is 41.1. The summed E-state index contributed by atoms with van der Waals surface area (Å²) >= 11 is 6.83. The van der Waals surface area contributed by atoms with E-state index in [9.17, 15) is 9.59 Å². The molecule has 0 N–H and O–H groups in total. The number of carbonyl (C=O) groups is 5. The number of ketones is 1. The Bertz CT molecular complexity index is 2630. The van der Waals surface area contributed by atoms with Crippen LogP contribution in [0.4, 0.5) is 11.4 Å². The van der Waals surface area contributed by atoms with Gasteiger partial charge in [0.1, 0.15) is 28.7 Å². The number of amides is 2. The third-order valence-electron chi connectivity index (χ3n) is 13.2. The maximum absolute atomic E-state index is 15.9. The van der Waals surface area contributed by atoms with Gasteiger partial charge in [-0.3, -0.25) is 14.4 Å². The Morgan fingerprint density at radius 1 is 0.806 bits per heavy atom. The van der Waals surface area contributed by atoms with E-state index in [0.29, 0.717) is 57.4 Å². The van der Waals surface area contributed by atoms with E-state index in [0.717, 1.165) is 17.5 Å². The number of aryl methyl sites for hydroxylation is 1. The fourth-order valence-electron chi connectivity index (χ4n) is 10.7. The van der Waals surface area contributed by atoms with Crippen LogP contribution in [0.5, 0.6) is 5.75 Å². The number of hydrogen-bond acceptors (Lipinski definition) is 10. The van der Waals surface area contributed by atoms with Gasteiger partial charge in [-0.15, -0.1) is 0 Å². The van der Waals surface area contributed by atoms with Gasteiger partial charge >= 0.3 is 11.9 Å². The van der Waals surface area contributed by atoms with Gasteiger partial charge in [0.2, 0.25) is 11.5 Å². The molecule has 12 nitrogen and oxygen atoms in total. The lowest BCUT2D eigenvalue weighted by Gasteiger charge is -2.63. The van der Waals surface area contributed by atoms with Crippen LogP contribution in [-0.4, -0.2) is 74.6 Å². The van der Waals surface area contributed by atoms with Crippen molar-refractivity contribution in [1.82, 2.24) is 4.90 Å². The lowest BCUT2D eigenvalue weighted by Crippen LogP contribution is -2.76. The molecule has 2 bridgehead atoms. The molecule has 0 radical (unpaired) electrons. The van der Waals surface area contributed by atoms with E-state index in [1.165, 1.54) is 21.3 Å². The average Bonchev–Trinajstić information content (AvgIpc) is 3.64. The SMILES string of the molecule is CCCCN1C(=O)[C@@]2(c3cc(Cl)ccc31)[C@@H]1C(C)=C[C@@H]([C@@H]3O[C@@]4(C(=O)N(Cc5ccccc5)c5ccc(C)cc54)C(C(=O)OC)=C(C(=O)OC)N13)[C@@H]2C(=O)c1ccc(OC)cc1. The monoisotopic (exact) mass is 855 g/mol. The summed E-state index contributed by atoms with van der Waals surface area (Å²) in [7, 11) is 3.90. The molecule has 62 heavy (non-hydrogen) atoms. The zero-order valence-corrected chi connectivity index (χ0v) is 36.0. The highest BCUT2D eigenvalue weighted by Gasteiger charge is 2.75. The van der Waals surface area contributed by atoms with E-state index < -0.39 is 53.0 Å². The number of Topliss-reactive ketones (excluding diaryl/α,β-unsaturated/α-hetero) is 1. The number of piperidine rings is 1. The van der Waals surface area contributed by atoms with Crippen LogP contribution in [0, 0.1) is 18.8 Å². The van der Waals surface area contributed by atoms with Crippen molar-refractivity contribution in [2.75, 3.05) is 37.7 Å². The molecule has 1 fully saturated rings. The largest absolute Gasteiger partial charge is 0.497 e. The first-order valence-electron chi connectivity index (χ1n) is 20.7. The zero-order valence-electron chi connectivity index (χ0n) is 35.3. The van der Waals surface area contributed by atoms with Crippen molar-refractivity contribution in [1.29, 1.82) is 0 Å². The smallest absolute Gasteiger partial charge is 0.355 e. The Kier molecular flexibility index (Phi) is 10.1. The number of rotatable bonds is 10. The molecule has 5 heterocycles. The summed E-state index contributed by atoms with van der Waals surface area (Å²) in [5.74, 6) is -4.90. The second-order valence-electron chi connectivity index (χ2n) is 16.5. The number of nitrogens with zero attached hydrogens (tertiary/aromatic N) is 3. The maximum Gasteiger partial charge on any atom is 0.355 e. The van der Waals surface area contributed by atoms with E-state index >= 15 is 14.4 Å². The molecule has 4 aromatic carbocycles. The quantitative estimate of drug-likeness (QED) is 0.0917. The minimum absolute atomic E-state index is 0.115. The molecule has 10 rings (SSSR count). The van der Waals surface area contributed by atoms with Crippen molar-refractivity contribution in [3.63, 3.8) is 0 Å². The molecule has 2 amide bonds. The fraction of sp³-hybridized carbons (Fsp3) is 0.327. The molecule has 2 spiro atoms. The minimum Gasteiger partial charge on any atom is -0.497 e. The van der Waals surface area contributed by atoms with Gasteiger partial charge in [-0.2, -0.15) is 0 Å². The Balaban J connectivity index is 1.36. The number of benzene rings is 4. The molecule has 0 saturated carbocycles. The van der Waals surface area contributed by atoms with Crippen LogP contribution in [0.15, 0.2) is 114 Å². The molecule has 5 aliphatic heterocycles. The molecule has 318 valence electrons. The van der Waals surface area contributed by atoms with Crippen molar-refractivity contribution < 1.29 is 42.9 Å². The Morgan fingerprint density at radius 2 is 1.50 bits per heavy atom. The molecule has 4 aromatic rings. The summed E-state index contributed by atoms with van der Waals surface area (Å²) in [5, 5.41) is 0.346. The summed E-state index contributed by atoms with van der Waals surface area (Å²) in [6, 6.07) is 25.7. The van der Waals surface area contributed by atoms with Crippen LogP contribution in [0.25, 0.3) is 0 Å². The Morgan fingerprint density at radius 3 is 2.18 bits per heavy atom. The summed E-state index contributed by atoms with van der Waals surface area (Å²) in [6.07, 6.45) is 2.11. The van der Waals surface area contributed by atoms with Gasteiger partial charge < -0.3 is 33.6 Å². The average molecular weight is 856 g/mol. The third-order valence-corrected chi connectivity index (χ3v) is 13.5. The summed E-state index contributed by atoms with van der Waals surface area (Å²) in [6.45, 7) is 6.20. The standard InChI is InChI=1S/C49H46ClN3O9/c1-7-8-22-51-36-21-17-31(50)25-34(36)48(46(51)57)38(41(54)30-15-18-32(59-4)19-16-30)33-24-28(3)42(48)53-40(45(56)61-6)39(44(55)60-5)49(62-43(33)53)35-23-27(2)14-20-37(35)52(47(49)58)26-29-12-10-9-11-13-29/h9-21,23-25,33,38,42-43H,7-8,22,26H2,1-6H3/t33-,38-,42+,43+,48-,49-/m1/s1. The summed E-state index contributed by atoms with van der Waals surface area (Å²) < 4.78 is 23.8. The van der Waals surface area contributed by atoms with Crippen LogP contribution in [0.3, 0.4) is 0 Å². The van der Waals surface area contributed by atoms with Gasteiger partial charge in [0, 0.05) is 34.3 Å². The van der Waals surface area contributed by atoms with E-state index in [1.54, 1.807) is 69.3 Å². The molecule has 1 saturated heterocycles. The number of ether oxygens (including phenoxy) is 4. The zero-order chi connectivity index (χ0) is 43.8. The molecular weight excluding hydrogens is 810 g/mol. The number of anilines is 2. The van der Waals surface area contributed by atoms with Gasteiger partial charge in [-0.05, 0) is 79.9 Å². The number of hydrogen-bond donors (Lipinski definition) is 0. The van der Waals surface area contributed by atoms with E-state index in [2.05, 4.69) is 0 Å². The predicted octanol–water partition coefficient (Wildman–Crippen LogP) is 7.20. The molecule has 0 aromatic heterocycles. The fourth-order valence-corrected chi connectivity index (χ4v) is 10.9. The van der Waals surface area contributed by atoms with Gasteiger partial charge in [-0.1, -0.05) is 84.6 Å². The van der Waals surface area contributed by atoms with Gasteiger partial charge in [-0.25, -0.2) is 9.59 Å². The lowest BCUT2D eigenvalue weighted by molar-refractivity contribution is -0.218. The van der Waals surface area contributed by atoms with E-state index in [1.807, 2.05) is 63.2 Å². The van der Waals surface area contributed by atoms with Crippen LogP contribution in [0.1, 0.15) is 59.3 Å². The van der Waals surface area contributed by atoms with Crippen molar-refractivity contribution in [3.8, 4) is 5.75 Å². The highest BCUT2D eigenvalue weighted by Crippen LogP contribution is 2.65. The summed E-state index contributed by atoms with van der Waals surface area (Å²) in [4.78, 5) is 81.5. The van der Waals surface area contributed by atoms with Crippen molar-refractivity contribution in [2.45, 2.75) is 63.4 Å². The van der Waals surface area contributed by atoms with Crippen LogP contribution < -0.4 is 14.5 Å². The number of methoxy groups -OCH3 is 3. The predicted molar refractivity (Wildman–Crippen MR) is 230 cm³/mol. The molecule has 13 heteroatoms. The number of halogens is 1. The Hall–Kier alpha value is -6.24. The minimum atomic E-state index is -2.25. The lowest BCUT2D eigenvalue weighted by atomic mass is 9.51. The highest BCUT2D eigenvalue weighted by atomic mass is 35.5. The molecule has 6 atom stereocenters. The van der Waals surface area contributed by atoms with Crippen LogP contribution in [-0.2, 0) is 50.9 Å². The van der Waals surface area contributed by atoms with Gasteiger partial charge in [0.15, 0.2) is 5.78 Å². The van der Waals surface area contributed by atoms with E-state index in [4.69, 9.17) is 30.5 Å². The molecule has 1 aliphatic carbocycles. The topological polar surface area (TPSA) is 132 Å². The highest BCUT2D eigenvalue weighted by molar-refractivity contribution is 6.31. The van der Waals surface area contributed by atoms with Crippen molar-refractivity contribution >= 4 is 52.5 Å². The molecular formula is C49H46ClN3O9. The summed E-state index contributed by atoms with van der Waals surface area (Å²) in [5.41, 5.74) is -0.203. The third kappa shape index (κ3) is 5.65. The van der Waals surface area contributed by atoms with Crippen molar-refractivity contribution in [2.24, 2.45) is 11.8 Å². The van der Waals surface area contributed by atoms with Gasteiger partial charge in [0.05, 0.1) is 45.5 Å². The van der Waals surface area contributed by atoms with E-state index in [-0.39, 0.29) is 29.5 Å². The second kappa shape index (κ2) is 15.3.